The SMILES string of the molecule is O=C(CCNc1ncnc2ccccc12)NCc1ccncc1. The number of nitrogens with one attached hydrogen (secondary N) is 2. The van der Waals surface area contributed by atoms with Crippen LogP contribution in [0, 0.1) is 0 Å². The standard InChI is InChI=1S/C17H17N5O/c23-16(20-11-13-5-8-18-9-6-13)7-10-19-17-14-3-1-2-4-15(14)21-12-22-17/h1-6,8-9,12H,7,10-11H2,(H,20,23)(H,19,21,22). The Morgan fingerprint density at radius 2 is 1.87 bits per heavy atom. The number of hydrogen-bond acceptors (Lipinski definition) is 5. The highest BCUT2D eigenvalue weighted by Gasteiger charge is 2.04. The van der Waals surface area contributed by atoms with Crippen molar-refractivity contribution in [1.82, 2.24) is 20.3 Å². The fourth-order valence-electron chi connectivity index (χ4n) is 2.23. The third kappa shape index (κ3) is 4.00. The zero-order valence-electron chi connectivity index (χ0n) is 12.6. The maximum atomic E-state index is 11.9. The Kier molecular flexibility index (Phi) is 4.73. The van der Waals surface area contributed by atoms with E-state index in [1.54, 1.807) is 12.4 Å². The largest absolute Gasteiger partial charge is 0.369 e. The molecule has 0 saturated carbocycles. The highest BCUT2D eigenvalue weighted by atomic mass is 16.1. The van der Waals surface area contributed by atoms with Crippen molar-refractivity contribution in [2.24, 2.45) is 0 Å². The minimum absolute atomic E-state index is 0.00678. The van der Waals surface area contributed by atoms with Gasteiger partial charge in [0.25, 0.3) is 0 Å². The zero-order valence-corrected chi connectivity index (χ0v) is 12.6. The van der Waals surface area contributed by atoms with Crippen LogP contribution in [0.25, 0.3) is 10.9 Å². The summed E-state index contributed by atoms with van der Waals surface area (Å²) in [6.07, 6.45) is 5.32. The van der Waals surface area contributed by atoms with E-state index >= 15 is 0 Å². The van der Waals surface area contributed by atoms with Gasteiger partial charge in [-0.05, 0) is 29.8 Å². The summed E-state index contributed by atoms with van der Waals surface area (Å²) in [6.45, 7) is 1.03. The molecule has 2 heterocycles. The van der Waals surface area contributed by atoms with Gasteiger partial charge in [-0.3, -0.25) is 9.78 Å². The van der Waals surface area contributed by atoms with Gasteiger partial charge in [0, 0.05) is 37.3 Å². The molecule has 6 nitrogen and oxygen atoms in total. The molecule has 1 aromatic carbocycles. The fraction of sp³-hybridized carbons (Fsp3) is 0.176. The van der Waals surface area contributed by atoms with Crippen molar-refractivity contribution < 1.29 is 4.79 Å². The van der Waals surface area contributed by atoms with Gasteiger partial charge in [-0.15, -0.1) is 0 Å². The van der Waals surface area contributed by atoms with Crippen LogP contribution in [-0.4, -0.2) is 27.4 Å². The molecule has 23 heavy (non-hydrogen) atoms. The molecule has 0 aliphatic rings. The zero-order chi connectivity index (χ0) is 15.9. The number of carbonyl (C=O) groups is 1. The van der Waals surface area contributed by atoms with Gasteiger partial charge >= 0.3 is 0 Å². The van der Waals surface area contributed by atoms with Crippen molar-refractivity contribution in [3.8, 4) is 0 Å². The minimum Gasteiger partial charge on any atom is -0.369 e. The molecule has 3 rings (SSSR count). The molecule has 0 aliphatic heterocycles. The maximum Gasteiger partial charge on any atom is 0.222 e. The lowest BCUT2D eigenvalue weighted by Crippen LogP contribution is -2.25. The number of aromatic nitrogens is 3. The molecule has 116 valence electrons. The first-order chi connectivity index (χ1) is 11.3. The average molecular weight is 307 g/mol. The highest BCUT2D eigenvalue weighted by molar-refractivity contribution is 5.88. The molecule has 2 aromatic heterocycles. The predicted molar refractivity (Wildman–Crippen MR) is 88.7 cm³/mol. The van der Waals surface area contributed by atoms with E-state index in [1.807, 2.05) is 36.4 Å². The summed E-state index contributed by atoms with van der Waals surface area (Å²) in [5.74, 6) is 0.741. The summed E-state index contributed by atoms with van der Waals surface area (Å²) < 4.78 is 0. The summed E-state index contributed by atoms with van der Waals surface area (Å²) in [6, 6.07) is 11.5. The van der Waals surface area contributed by atoms with E-state index in [-0.39, 0.29) is 5.91 Å². The average Bonchev–Trinajstić information content (AvgIpc) is 2.61. The Labute approximate surface area is 134 Å². The number of carbonyl (C=O) groups excluding carboxylic acids is 1. The quantitative estimate of drug-likeness (QED) is 0.729. The molecule has 0 saturated heterocycles. The molecule has 0 atom stereocenters. The van der Waals surface area contributed by atoms with E-state index < -0.39 is 0 Å². The normalized spacial score (nSPS) is 10.4. The van der Waals surface area contributed by atoms with Crippen molar-refractivity contribution in [1.29, 1.82) is 0 Å². The monoisotopic (exact) mass is 307 g/mol. The number of amides is 1. The number of fused-ring (bicyclic) bond motifs is 1. The lowest BCUT2D eigenvalue weighted by atomic mass is 10.2. The number of benzene rings is 1. The number of nitrogens with zero attached hydrogens (tertiary/aromatic N) is 3. The van der Waals surface area contributed by atoms with Crippen LogP contribution in [0.15, 0.2) is 55.1 Å². The van der Waals surface area contributed by atoms with Crippen molar-refractivity contribution in [3.05, 3.63) is 60.7 Å². The molecule has 1 amide bonds. The first-order valence-corrected chi connectivity index (χ1v) is 7.42. The lowest BCUT2D eigenvalue weighted by Gasteiger charge is -2.08. The second-order valence-electron chi connectivity index (χ2n) is 5.05. The first kappa shape index (κ1) is 14.9. The van der Waals surface area contributed by atoms with E-state index in [2.05, 4.69) is 25.6 Å². The summed E-state index contributed by atoms with van der Waals surface area (Å²) >= 11 is 0. The number of hydrogen-bond donors (Lipinski definition) is 2. The number of pyridine rings is 1. The Morgan fingerprint density at radius 1 is 1.04 bits per heavy atom. The van der Waals surface area contributed by atoms with Crippen LogP contribution >= 0.6 is 0 Å². The van der Waals surface area contributed by atoms with Gasteiger partial charge in [-0.1, -0.05) is 12.1 Å². The molecule has 0 fully saturated rings. The number of anilines is 1. The van der Waals surface area contributed by atoms with Gasteiger partial charge in [0.05, 0.1) is 5.52 Å². The fourth-order valence-corrected chi connectivity index (χ4v) is 2.23. The van der Waals surface area contributed by atoms with Crippen LogP contribution in [0.5, 0.6) is 0 Å². The molecule has 2 N–H and O–H groups in total. The van der Waals surface area contributed by atoms with E-state index in [4.69, 9.17) is 0 Å². The third-order valence-electron chi connectivity index (χ3n) is 3.43. The van der Waals surface area contributed by atoms with E-state index in [9.17, 15) is 4.79 Å². The Morgan fingerprint density at radius 3 is 2.74 bits per heavy atom. The molecule has 0 unspecified atom stereocenters. The molecule has 3 aromatic rings. The molecule has 0 bridgehead atoms. The second-order valence-corrected chi connectivity index (χ2v) is 5.05. The van der Waals surface area contributed by atoms with Gasteiger partial charge in [-0.2, -0.15) is 0 Å². The van der Waals surface area contributed by atoms with Gasteiger partial charge < -0.3 is 10.6 Å². The molecule has 0 spiro atoms. The maximum absolute atomic E-state index is 11.9. The van der Waals surface area contributed by atoms with E-state index in [0.717, 1.165) is 22.3 Å². The highest BCUT2D eigenvalue weighted by Crippen LogP contribution is 2.17. The van der Waals surface area contributed by atoms with Crippen LogP contribution in [0.2, 0.25) is 0 Å². The second kappa shape index (κ2) is 7.31. The first-order valence-electron chi connectivity index (χ1n) is 7.42. The van der Waals surface area contributed by atoms with Gasteiger partial charge in [0.1, 0.15) is 12.1 Å². The van der Waals surface area contributed by atoms with Gasteiger partial charge in [-0.25, -0.2) is 9.97 Å². The third-order valence-corrected chi connectivity index (χ3v) is 3.43. The summed E-state index contributed by atoms with van der Waals surface area (Å²) in [4.78, 5) is 24.3. The van der Waals surface area contributed by atoms with Crippen LogP contribution < -0.4 is 10.6 Å². The minimum atomic E-state index is -0.00678. The molecule has 6 heteroatoms. The molecular formula is C17H17N5O. The Balaban J connectivity index is 1.50. The van der Waals surface area contributed by atoms with Crippen molar-refractivity contribution in [2.45, 2.75) is 13.0 Å². The molecule has 0 aliphatic carbocycles. The molecule has 0 radical (unpaired) electrons. The molecular weight excluding hydrogens is 290 g/mol. The van der Waals surface area contributed by atoms with Gasteiger partial charge in [0.15, 0.2) is 0 Å². The van der Waals surface area contributed by atoms with Crippen LogP contribution in [0.1, 0.15) is 12.0 Å². The smallest absolute Gasteiger partial charge is 0.222 e. The summed E-state index contributed by atoms with van der Waals surface area (Å²) in [5, 5.41) is 7.03. The van der Waals surface area contributed by atoms with Gasteiger partial charge in [0.2, 0.25) is 5.91 Å². The van der Waals surface area contributed by atoms with Crippen molar-refractivity contribution >= 4 is 22.6 Å². The summed E-state index contributed by atoms with van der Waals surface area (Å²) in [5.41, 5.74) is 1.91. The summed E-state index contributed by atoms with van der Waals surface area (Å²) in [7, 11) is 0. The number of para-hydroxylation sites is 1. The van der Waals surface area contributed by atoms with E-state index in [0.29, 0.717) is 19.5 Å². The topological polar surface area (TPSA) is 79.8 Å². The number of rotatable bonds is 6. The van der Waals surface area contributed by atoms with Crippen LogP contribution in [0.3, 0.4) is 0 Å². The van der Waals surface area contributed by atoms with Crippen molar-refractivity contribution in [2.75, 3.05) is 11.9 Å². The van der Waals surface area contributed by atoms with Crippen LogP contribution in [0.4, 0.5) is 5.82 Å². The Hall–Kier alpha value is -3.02. The lowest BCUT2D eigenvalue weighted by molar-refractivity contribution is -0.121. The van der Waals surface area contributed by atoms with Crippen molar-refractivity contribution in [3.63, 3.8) is 0 Å². The Bertz CT molecular complexity index is 786. The van der Waals surface area contributed by atoms with E-state index in [1.165, 1.54) is 6.33 Å². The van der Waals surface area contributed by atoms with Crippen LogP contribution in [-0.2, 0) is 11.3 Å². The predicted octanol–water partition coefficient (Wildman–Crippen LogP) is 2.14.